The van der Waals surface area contributed by atoms with Gasteiger partial charge >= 0.3 is 0 Å². The summed E-state index contributed by atoms with van der Waals surface area (Å²) >= 11 is 0. The molecular weight excluding hydrogens is 162 g/mol. The molecule has 0 spiro atoms. The van der Waals surface area contributed by atoms with Crippen molar-refractivity contribution in [2.24, 2.45) is 5.92 Å². The first-order valence-corrected chi connectivity index (χ1v) is 5.37. The van der Waals surface area contributed by atoms with Gasteiger partial charge in [0.25, 0.3) is 0 Å². The molecule has 0 aromatic heterocycles. The molecule has 0 bridgehead atoms. The molecule has 0 saturated carbocycles. The van der Waals surface area contributed by atoms with Gasteiger partial charge in [-0.2, -0.15) is 0 Å². The van der Waals surface area contributed by atoms with Crippen LogP contribution >= 0.6 is 0 Å². The van der Waals surface area contributed by atoms with E-state index in [0.29, 0.717) is 11.7 Å². The third kappa shape index (κ3) is 7.97. The van der Waals surface area contributed by atoms with Crippen LogP contribution in [0.5, 0.6) is 0 Å². The van der Waals surface area contributed by atoms with Crippen molar-refractivity contribution in [3.8, 4) is 0 Å². The molecule has 0 fully saturated rings. The van der Waals surface area contributed by atoms with Crippen LogP contribution in [0.15, 0.2) is 0 Å². The molecule has 0 aliphatic rings. The van der Waals surface area contributed by atoms with Gasteiger partial charge in [-0.05, 0) is 25.9 Å². The van der Waals surface area contributed by atoms with Gasteiger partial charge in [0, 0.05) is 12.8 Å². The predicted molar refractivity (Wildman–Crippen MR) is 56.9 cm³/mol. The van der Waals surface area contributed by atoms with E-state index in [4.69, 9.17) is 0 Å². The molecular formula is C11H23NO. The Morgan fingerprint density at radius 3 is 2.69 bits per heavy atom. The van der Waals surface area contributed by atoms with E-state index in [1.807, 2.05) is 7.05 Å². The number of rotatable bonds is 8. The Bertz CT molecular complexity index is 134. The average Bonchev–Trinajstić information content (AvgIpc) is 2.05. The normalized spacial score (nSPS) is 12.8. The highest BCUT2D eigenvalue weighted by Crippen LogP contribution is 2.11. The number of ketones is 1. The minimum absolute atomic E-state index is 0.427. The second-order valence-corrected chi connectivity index (χ2v) is 3.84. The van der Waals surface area contributed by atoms with Gasteiger partial charge in [0.1, 0.15) is 5.78 Å². The highest BCUT2D eigenvalue weighted by Gasteiger charge is 2.07. The Morgan fingerprint density at radius 2 is 2.15 bits per heavy atom. The quantitative estimate of drug-likeness (QED) is 0.588. The molecule has 0 aromatic carbocycles. The molecule has 1 atom stereocenters. The lowest BCUT2D eigenvalue weighted by Crippen LogP contribution is -2.11. The van der Waals surface area contributed by atoms with Gasteiger partial charge in [-0.3, -0.25) is 4.79 Å². The molecule has 0 amide bonds. The van der Waals surface area contributed by atoms with Crippen molar-refractivity contribution in [1.29, 1.82) is 0 Å². The molecule has 0 saturated heterocycles. The Kier molecular flexibility index (Phi) is 8.00. The standard InChI is InChI=1S/C11H23NO/c1-4-6-10(2)9-11(13)7-5-8-12-3/h10,12H,4-9H2,1-3H3. The highest BCUT2D eigenvalue weighted by atomic mass is 16.1. The zero-order valence-corrected chi connectivity index (χ0v) is 9.23. The molecule has 78 valence electrons. The summed E-state index contributed by atoms with van der Waals surface area (Å²) in [6, 6.07) is 0. The van der Waals surface area contributed by atoms with Crippen molar-refractivity contribution in [2.45, 2.75) is 46.0 Å². The van der Waals surface area contributed by atoms with E-state index in [1.54, 1.807) is 0 Å². The summed E-state index contributed by atoms with van der Waals surface area (Å²) in [5, 5.41) is 3.05. The van der Waals surface area contributed by atoms with Gasteiger partial charge in [-0.25, -0.2) is 0 Å². The summed E-state index contributed by atoms with van der Waals surface area (Å²) in [4.78, 5) is 11.4. The topological polar surface area (TPSA) is 29.1 Å². The van der Waals surface area contributed by atoms with Gasteiger partial charge in [-0.15, -0.1) is 0 Å². The number of carbonyl (C=O) groups excluding carboxylic acids is 1. The molecule has 1 N–H and O–H groups in total. The van der Waals surface area contributed by atoms with E-state index in [9.17, 15) is 4.79 Å². The van der Waals surface area contributed by atoms with Crippen LogP contribution in [-0.4, -0.2) is 19.4 Å². The number of Topliss-reactive ketones (excluding diaryl/α,β-unsaturated/α-hetero) is 1. The summed E-state index contributed by atoms with van der Waals surface area (Å²) < 4.78 is 0. The van der Waals surface area contributed by atoms with E-state index in [1.165, 1.54) is 12.8 Å². The summed E-state index contributed by atoms with van der Waals surface area (Å²) in [6.07, 6.45) is 4.86. The van der Waals surface area contributed by atoms with Crippen LogP contribution in [-0.2, 0) is 4.79 Å². The van der Waals surface area contributed by atoms with Crippen LogP contribution < -0.4 is 5.32 Å². The predicted octanol–water partition coefficient (Wildman–Crippen LogP) is 2.38. The largest absolute Gasteiger partial charge is 0.320 e. The van der Waals surface area contributed by atoms with Crippen LogP contribution in [0.4, 0.5) is 0 Å². The maximum atomic E-state index is 11.4. The first-order valence-electron chi connectivity index (χ1n) is 5.37. The monoisotopic (exact) mass is 185 g/mol. The molecule has 0 aliphatic heterocycles. The van der Waals surface area contributed by atoms with E-state index in [2.05, 4.69) is 19.2 Å². The maximum Gasteiger partial charge on any atom is 0.133 e. The number of carbonyl (C=O) groups is 1. The number of hydrogen-bond acceptors (Lipinski definition) is 2. The van der Waals surface area contributed by atoms with Crippen molar-refractivity contribution in [1.82, 2.24) is 5.32 Å². The molecule has 1 unspecified atom stereocenters. The van der Waals surface area contributed by atoms with Crippen LogP contribution in [0, 0.1) is 5.92 Å². The Hall–Kier alpha value is -0.370. The summed E-state index contributed by atoms with van der Waals surface area (Å²) in [6.45, 7) is 5.29. The molecule has 0 aromatic rings. The first-order chi connectivity index (χ1) is 6.20. The lowest BCUT2D eigenvalue weighted by molar-refractivity contribution is -0.120. The lowest BCUT2D eigenvalue weighted by atomic mass is 9.98. The molecule has 2 nitrogen and oxygen atoms in total. The third-order valence-corrected chi connectivity index (χ3v) is 2.24. The SMILES string of the molecule is CCCC(C)CC(=O)CCCNC. The van der Waals surface area contributed by atoms with Gasteiger partial charge in [0.05, 0.1) is 0 Å². The fourth-order valence-corrected chi connectivity index (χ4v) is 1.55. The summed E-state index contributed by atoms with van der Waals surface area (Å²) in [5.41, 5.74) is 0. The van der Waals surface area contributed by atoms with E-state index in [-0.39, 0.29) is 0 Å². The van der Waals surface area contributed by atoms with Crippen LogP contribution in [0.25, 0.3) is 0 Å². The van der Waals surface area contributed by atoms with Crippen molar-refractivity contribution in [3.63, 3.8) is 0 Å². The van der Waals surface area contributed by atoms with Gasteiger partial charge in [0.2, 0.25) is 0 Å². The number of hydrogen-bond donors (Lipinski definition) is 1. The van der Waals surface area contributed by atoms with Gasteiger partial charge < -0.3 is 5.32 Å². The smallest absolute Gasteiger partial charge is 0.133 e. The summed E-state index contributed by atoms with van der Waals surface area (Å²) in [7, 11) is 1.92. The maximum absolute atomic E-state index is 11.4. The van der Waals surface area contributed by atoms with E-state index in [0.717, 1.165) is 25.8 Å². The fraction of sp³-hybridized carbons (Fsp3) is 0.909. The zero-order chi connectivity index (χ0) is 10.1. The van der Waals surface area contributed by atoms with Crippen LogP contribution in [0.3, 0.4) is 0 Å². The van der Waals surface area contributed by atoms with Crippen molar-refractivity contribution in [2.75, 3.05) is 13.6 Å². The van der Waals surface area contributed by atoms with Crippen LogP contribution in [0.1, 0.15) is 46.0 Å². The second-order valence-electron chi connectivity index (χ2n) is 3.84. The van der Waals surface area contributed by atoms with Crippen molar-refractivity contribution < 1.29 is 4.79 Å². The molecule has 0 aliphatic carbocycles. The minimum Gasteiger partial charge on any atom is -0.320 e. The Labute approximate surface area is 82.1 Å². The van der Waals surface area contributed by atoms with Crippen molar-refractivity contribution in [3.05, 3.63) is 0 Å². The van der Waals surface area contributed by atoms with Crippen molar-refractivity contribution >= 4 is 5.78 Å². The molecule has 0 rings (SSSR count). The lowest BCUT2D eigenvalue weighted by Gasteiger charge is -2.08. The molecule has 13 heavy (non-hydrogen) atoms. The third-order valence-electron chi connectivity index (χ3n) is 2.24. The molecule has 2 heteroatoms. The number of nitrogens with one attached hydrogen (secondary N) is 1. The highest BCUT2D eigenvalue weighted by molar-refractivity contribution is 5.78. The Morgan fingerprint density at radius 1 is 1.46 bits per heavy atom. The Balaban J connectivity index is 3.38. The fourth-order valence-electron chi connectivity index (χ4n) is 1.55. The van der Waals surface area contributed by atoms with E-state index >= 15 is 0 Å². The minimum atomic E-state index is 0.427. The molecule has 0 radical (unpaired) electrons. The first kappa shape index (κ1) is 12.6. The van der Waals surface area contributed by atoms with Gasteiger partial charge in [-0.1, -0.05) is 26.7 Å². The van der Waals surface area contributed by atoms with Gasteiger partial charge in [0.15, 0.2) is 0 Å². The second kappa shape index (κ2) is 8.24. The van der Waals surface area contributed by atoms with Crippen LogP contribution in [0.2, 0.25) is 0 Å². The molecule has 0 heterocycles. The summed E-state index contributed by atoms with van der Waals surface area (Å²) in [5.74, 6) is 1.00. The zero-order valence-electron chi connectivity index (χ0n) is 9.23. The average molecular weight is 185 g/mol. The van der Waals surface area contributed by atoms with E-state index < -0.39 is 0 Å².